The zero-order valence-electron chi connectivity index (χ0n) is 14.1. The number of nitrogens with one attached hydrogen (secondary N) is 2. The van der Waals surface area contributed by atoms with Crippen molar-refractivity contribution >= 4 is 23.1 Å². The minimum atomic E-state index is -4.42. The van der Waals surface area contributed by atoms with E-state index in [-0.39, 0.29) is 30.4 Å². The maximum absolute atomic E-state index is 12.5. The van der Waals surface area contributed by atoms with Crippen LogP contribution >= 0.6 is 0 Å². The second kappa shape index (κ2) is 7.18. The van der Waals surface area contributed by atoms with Gasteiger partial charge in [-0.2, -0.15) is 13.2 Å². The molecule has 0 saturated heterocycles. The average molecular weight is 380 g/mol. The molecule has 0 saturated carbocycles. The number of amides is 1. The quantitative estimate of drug-likeness (QED) is 0.774. The molecular weight excluding hydrogens is 365 g/mol. The van der Waals surface area contributed by atoms with Crippen molar-refractivity contribution in [2.24, 2.45) is 0 Å². The number of carbonyl (C=O) groups excluding carboxylic acids is 2. The van der Waals surface area contributed by atoms with Crippen molar-refractivity contribution in [2.45, 2.75) is 13.1 Å². The lowest BCUT2D eigenvalue weighted by molar-refractivity contribution is -0.137. The summed E-state index contributed by atoms with van der Waals surface area (Å²) >= 11 is 0. The Morgan fingerprint density at radius 3 is 2.30 bits per heavy atom. The number of halogens is 3. The number of ether oxygens (including phenoxy) is 2. The van der Waals surface area contributed by atoms with E-state index >= 15 is 0 Å². The van der Waals surface area contributed by atoms with Crippen LogP contribution in [0.4, 0.5) is 24.5 Å². The summed E-state index contributed by atoms with van der Waals surface area (Å²) in [6.07, 6.45) is -4.42. The average Bonchev–Trinajstić information content (AvgIpc) is 3.06. The summed E-state index contributed by atoms with van der Waals surface area (Å²) in [4.78, 5) is 23.9. The van der Waals surface area contributed by atoms with Gasteiger partial charge < -0.3 is 20.1 Å². The van der Waals surface area contributed by atoms with Crippen LogP contribution in [0.1, 0.15) is 22.8 Å². The topological polar surface area (TPSA) is 76.7 Å². The molecule has 0 aliphatic carbocycles. The standard InChI is InChI=1S/C18H15F3N2O4/c1-10(24)13-6-15-16(27-9-26-15)7-14(13)23-17(25)8-22-12-4-2-11(3-5-12)18(19,20)21/h2-7,22H,8-9H2,1H3,(H,23,25). The van der Waals surface area contributed by atoms with Gasteiger partial charge in [-0.3, -0.25) is 9.59 Å². The van der Waals surface area contributed by atoms with E-state index in [0.717, 1.165) is 12.1 Å². The lowest BCUT2D eigenvalue weighted by atomic mass is 10.1. The molecule has 0 bridgehead atoms. The van der Waals surface area contributed by atoms with Crippen LogP contribution in [-0.2, 0) is 11.0 Å². The molecule has 0 radical (unpaired) electrons. The van der Waals surface area contributed by atoms with E-state index in [9.17, 15) is 22.8 Å². The molecule has 0 unspecified atom stereocenters. The predicted molar refractivity (Wildman–Crippen MR) is 91.1 cm³/mol. The summed E-state index contributed by atoms with van der Waals surface area (Å²) in [6, 6.07) is 7.30. The second-order valence-corrected chi connectivity index (χ2v) is 5.78. The van der Waals surface area contributed by atoms with Gasteiger partial charge in [-0.1, -0.05) is 0 Å². The van der Waals surface area contributed by atoms with Crippen LogP contribution in [0, 0.1) is 0 Å². The molecule has 142 valence electrons. The van der Waals surface area contributed by atoms with Crippen molar-refractivity contribution in [2.75, 3.05) is 24.0 Å². The third kappa shape index (κ3) is 4.30. The minimum Gasteiger partial charge on any atom is -0.454 e. The fraction of sp³-hybridized carbons (Fsp3) is 0.222. The Morgan fingerprint density at radius 2 is 1.70 bits per heavy atom. The van der Waals surface area contributed by atoms with Crippen LogP contribution in [0.15, 0.2) is 36.4 Å². The van der Waals surface area contributed by atoms with Gasteiger partial charge in [0.25, 0.3) is 0 Å². The lowest BCUT2D eigenvalue weighted by Crippen LogP contribution is -2.22. The monoisotopic (exact) mass is 380 g/mol. The van der Waals surface area contributed by atoms with E-state index in [4.69, 9.17) is 9.47 Å². The highest BCUT2D eigenvalue weighted by molar-refractivity contribution is 6.05. The van der Waals surface area contributed by atoms with E-state index in [1.807, 2.05) is 0 Å². The van der Waals surface area contributed by atoms with Gasteiger partial charge in [0.2, 0.25) is 12.7 Å². The Bertz CT molecular complexity index is 879. The van der Waals surface area contributed by atoms with Gasteiger partial charge in [-0.25, -0.2) is 0 Å². The van der Waals surface area contributed by atoms with Gasteiger partial charge in [0.15, 0.2) is 17.3 Å². The molecule has 9 heteroatoms. The molecule has 1 heterocycles. The Balaban J connectivity index is 1.65. The fourth-order valence-corrected chi connectivity index (χ4v) is 2.49. The van der Waals surface area contributed by atoms with E-state index in [2.05, 4.69) is 10.6 Å². The number of carbonyl (C=O) groups is 2. The van der Waals surface area contributed by atoms with Crippen molar-refractivity contribution in [3.05, 3.63) is 47.5 Å². The normalized spacial score (nSPS) is 12.6. The SMILES string of the molecule is CC(=O)c1cc2c(cc1NC(=O)CNc1ccc(C(F)(F)F)cc1)OCO2. The first-order chi connectivity index (χ1) is 12.7. The van der Waals surface area contributed by atoms with Gasteiger partial charge >= 0.3 is 6.18 Å². The van der Waals surface area contributed by atoms with Crippen molar-refractivity contribution < 1.29 is 32.2 Å². The van der Waals surface area contributed by atoms with Crippen LogP contribution in [0.5, 0.6) is 11.5 Å². The van der Waals surface area contributed by atoms with Crippen molar-refractivity contribution in [3.8, 4) is 11.5 Å². The summed E-state index contributed by atoms with van der Waals surface area (Å²) in [5.41, 5.74) is 0.118. The third-order valence-corrected chi connectivity index (χ3v) is 3.83. The van der Waals surface area contributed by atoms with Crippen LogP contribution < -0.4 is 20.1 Å². The molecule has 2 aromatic rings. The predicted octanol–water partition coefficient (Wildman–Crippen LogP) is 3.69. The number of rotatable bonds is 5. The first kappa shape index (κ1) is 18.6. The van der Waals surface area contributed by atoms with Crippen molar-refractivity contribution in [1.29, 1.82) is 0 Å². The molecule has 0 aromatic heterocycles. The smallest absolute Gasteiger partial charge is 0.416 e. The summed E-state index contributed by atoms with van der Waals surface area (Å²) in [5.74, 6) is 0.0858. The summed E-state index contributed by atoms with van der Waals surface area (Å²) < 4.78 is 48.1. The van der Waals surface area contributed by atoms with Crippen LogP contribution in [0.2, 0.25) is 0 Å². The van der Waals surface area contributed by atoms with Crippen LogP contribution in [0.25, 0.3) is 0 Å². The third-order valence-electron chi connectivity index (χ3n) is 3.83. The van der Waals surface area contributed by atoms with Gasteiger partial charge in [-0.15, -0.1) is 0 Å². The fourth-order valence-electron chi connectivity index (χ4n) is 2.49. The number of hydrogen-bond donors (Lipinski definition) is 2. The molecule has 1 aliphatic rings. The molecule has 0 atom stereocenters. The number of Topliss-reactive ketones (excluding diaryl/α,β-unsaturated/α-hetero) is 1. The summed E-state index contributed by atoms with van der Waals surface area (Å²) in [5, 5.41) is 5.31. The van der Waals surface area contributed by atoms with E-state index in [1.165, 1.54) is 31.2 Å². The lowest BCUT2D eigenvalue weighted by Gasteiger charge is -2.12. The number of fused-ring (bicyclic) bond motifs is 1. The van der Waals surface area contributed by atoms with Gasteiger partial charge in [0, 0.05) is 17.3 Å². The highest BCUT2D eigenvalue weighted by atomic mass is 19.4. The molecule has 1 amide bonds. The summed E-state index contributed by atoms with van der Waals surface area (Å²) in [7, 11) is 0. The second-order valence-electron chi connectivity index (χ2n) is 5.78. The molecule has 6 nitrogen and oxygen atoms in total. The Kier molecular flexibility index (Phi) is 4.93. The van der Waals surface area contributed by atoms with Gasteiger partial charge in [0.05, 0.1) is 17.8 Å². The zero-order chi connectivity index (χ0) is 19.6. The minimum absolute atomic E-state index is 0.0273. The summed E-state index contributed by atoms with van der Waals surface area (Å²) in [6.45, 7) is 1.18. The van der Waals surface area contributed by atoms with Crippen molar-refractivity contribution in [3.63, 3.8) is 0 Å². The van der Waals surface area contributed by atoms with E-state index < -0.39 is 17.6 Å². The maximum Gasteiger partial charge on any atom is 0.416 e. The largest absolute Gasteiger partial charge is 0.454 e. The molecule has 3 rings (SSSR count). The van der Waals surface area contributed by atoms with Gasteiger partial charge in [0.1, 0.15) is 0 Å². The highest BCUT2D eigenvalue weighted by Gasteiger charge is 2.30. The van der Waals surface area contributed by atoms with Gasteiger partial charge in [-0.05, 0) is 37.3 Å². The number of ketones is 1. The molecule has 0 spiro atoms. The Morgan fingerprint density at radius 1 is 1.07 bits per heavy atom. The number of benzene rings is 2. The van der Waals surface area contributed by atoms with Crippen LogP contribution in [0.3, 0.4) is 0 Å². The molecule has 2 aromatic carbocycles. The Labute approximate surface area is 152 Å². The molecule has 0 fully saturated rings. The highest BCUT2D eigenvalue weighted by Crippen LogP contribution is 2.37. The number of anilines is 2. The first-order valence-electron chi connectivity index (χ1n) is 7.89. The molecule has 1 aliphatic heterocycles. The number of alkyl halides is 3. The zero-order valence-corrected chi connectivity index (χ0v) is 14.1. The van der Waals surface area contributed by atoms with E-state index in [1.54, 1.807) is 0 Å². The molecule has 27 heavy (non-hydrogen) atoms. The molecule has 2 N–H and O–H groups in total. The Hall–Kier alpha value is -3.23. The van der Waals surface area contributed by atoms with E-state index in [0.29, 0.717) is 17.2 Å². The molecular formula is C18H15F3N2O4. The van der Waals surface area contributed by atoms with Crippen molar-refractivity contribution in [1.82, 2.24) is 0 Å². The number of hydrogen-bond acceptors (Lipinski definition) is 5. The first-order valence-corrected chi connectivity index (χ1v) is 7.89. The van der Waals surface area contributed by atoms with Crippen LogP contribution in [-0.4, -0.2) is 25.0 Å². The maximum atomic E-state index is 12.5.